The third-order valence-electron chi connectivity index (χ3n) is 4.91. The normalized spacial score (nSPS) is 30.9. The van der Waals surface area contributed by atoms with Crippen LogP contribution in [0.5, 0.6) is 0 Å². The van der Waals surface area contributed by atoms with Crippen LogP contribution in [0.2, 0.25) is 0 Å². The number of hydrogen-bond donors (Lipinski definition) is 1. The van der Waals surface area contributed by atoms with Crippen molar-refractivity contribution in [3.05, 3.63) is 34.7 Å². The lowest BCUT2D eigenvalue weighted by Crippen LogP contribution is -2.17. The molecule has 0 radical (unpaired) electrons. The standard InChI is InChI=1S/C15H18N4O/c1-15-9-3-2-4-12(15)13(15)14(20)17-10-5-7-11(8-6-10)18-19-16/h5-8,12-13H,2-4,9H2,1H3,(H,17,20). The summed E-state index contributed by atoms with van der Waals surface area (Å²) in [6.45, 7) is 2.24. The van der Waals surface area contributed by atoms with Gasteiger partial charge >= 0.3 is 0 Å². The van der Waals surface area contributed by atoms with E-state index in [1.807, 2.05) is 0 Å². The van der Waals surface area contributed by atoms with Gasteiger partial charge in [-0.05, 0) is 41.8 Å². The van der Waals surface area contributed by atoms with Gasteiger partial charge in [-0.1, -0.05) is 37.0 Å². The maximum Gasteiger partial charge on any atom is 0.228 e. The third kappa shape index (κ3) is 2.14. The van der Waals surface area contributed by atoms with Crippen LogP contribution >= 0.6 is 0 Å². The van der Waals surface area contributed by atoms with Crippen LogP contribution in [-0.4, -0.2) is 5.91 Å². The Bertz CT molecular complexity index is 576. The molecule has 3 unspecified atom stereocenters. The van der Waals surface area contributed by atoms with Crippen LogP contribution in [-0.2, 0) is 4.79 Å². The van der Waals surface area contributed by atoms with E-state index in [1.54, 1.807) is 24.3 Å². The fraction of sp³-hybridized carbons (Fsp3) is 0.533. The Kier molecular flexibility index (Phi) is 3.14. The van der Waals surface area contributed by atoms with Crippen molar-refractivity contribution >= 4 is 17.3 Å². The van der Waals surface area contributed by atoms with Crippen molar-refractivity contribution < 1.29 is 4.79 Å². The molecule has 104 valence electrons. The highest BCUT2D eigenvalue weighted by atomic mass is 16.2. The van der Waals surface area contributed by atoms with Gasteiger partial charge in [0.15, 0.2) is 0 Å². The minimum absolute atomic E-state index is 0.135. The summed E-state index contributed by atoms with van der Waals surface area (Å²) in [6, 6.07) is 6.96. The van der Waals surface area contributed by atoms with E-state index >= 15 is 0 Å². The van der Waals surface area contributed by atoms with Crippen molar-refractivity contribution in [2.45, 2.75) is 32.6 Å². The molecule has 2 saturated carbocycles. The first-order chi connectivity index (χ1) is 9.65. The molecule has 0 aliphatic heterocycles. The molecule has 2 aliphatic rings. The molecule has 1 aromatic rings. The summed E-state index contributed by atoms with van der Waals surface area (Å²) < 4.78 is 0. The van der Waals surface area contributed by atoms with Gasteiger partial charge in [-0.2, -0.15) is 0 Å². The smallest absolute Gasteiger partial charge is 0.228 e. The molecule has 1 amide bonds. The molecule has 0 bridgehead atoms. The van der Waals surface area contributed by atoms with E-state index < -0.39 is 0 Å². The zero-order valence-corrected chi connectivity index (χ0v) is 11.5. The molecule has 2 aliphatic carbocycles. The third-order valence-corrected chi connectivity index (χ3v) is 4.91. The van der Waals surface area contributed by atoms with Crippen molar-refractivity contribution in [1.82, 2.24) is 0 Å². The number of nitrogens with one attached hydrogen (secondary N) is 1. The van der Waals surface area contributed by atoms with E-state index in [-0.39, 0.29) is 17.2 Å². The van der Waals surface area contributed by atoms with Crippen molar-refractivity contribution in [2.24, 2.45) is 22.4 Å². The van der Waals surface area contributed by atoms with Gasteiger partial charge in [0, 0.05) is 22.2 Å². The van der Waals surface area contributed by atoms with E-state index in [0.29, 0.717) is 11.6 Å². The number of azide groups is 1. The highest BCUT2D eigenvalue weighted by Gasteiger charge is 2.64. The number of benzene rings is 1. The van der Waals surface area contributed by atoms with Gasteiger partial charge in [0.25, 0.3) is 0 Å². The van der Waals surface area contributed by atoms with Gasteiger partial charge in [0.2, 0.25) is 5.91 Å². The lowest BCUT2D eigenvalue weighted by molar-refractivity contribution is -0.118. The minimum atomic E-state index is 0.135. The van der Waals surface area contributed by atoms with Crippen LogP contribution in [0.1, 0.15) is 32.6 Å². The van der Waals surface area contributed by atoms with Crippen molar-refractivity contribution in [2.75, 3.05) is 5.32 Å². The molecule has 3 rings (SSSR count). The molecule has 5 heteroatoms. The maximum atomic E-state index is 12.4. The summed E-state index contributed by atoms with van der Waals surface area (Å²) in [5.41, 5.74) is 9.90. The molecule has 1 N–H and O–H groups in total. The highest BCUT2D eigenvalue weighted by molar-refractivity contribution is 5.95. The topological polar surface area (TPSA) is 77.9 Å². The van der Waals surface area contributed by atoms with E-state index in [0.717, 1.165) is 5.69 Å². The van der Waals surface area contributed by atoms with Crippen LogP contribution in [0, 0.1) is 17.3 Å². The first kappa shape index (κ1) is 13.0. The Morgan fingerprint density at radius 3 is 2.75 bits per heavy atom. The Balaban J connectivity index is 1.66. The summed E-state index contributed by atoms with van der Waals surface area (Å²) in [5, 5.41) is 6.49. The second-order valence-electron chi connectivity index (χ2n) is 6.06. The van der Waals surface area contributed by atoms with Gasteiger partial charge in [0.05, 0.1) is 0 Å². The molecule has 3 atom stereocenters. The van der Waals surface area contributed by atoms with Crippen molar-refractivity contribution in [3.8, 4) is 0 Å². The van der Waals surface area contributed by atoms with Crippen LogP contribution in [0.15, 0.2) is 29.4 Å². The lowest BCUT2D eigenvalue weighted by atomic mass is 9.90. The Hall–Kier alpha value is -2.00. The molecule has 20 heavy (non-hydrogen) atoms. The number of amides is 1. The predicted octanol–water partition coefficient (Wildman–Crippen LogP) is 4.39. The zero-order chi connectivity index (χ0) is 14.2. The fourth-order valence-corrected chi connectivity index (χ4v) is 3.73. The van der Waals surface area contributed by atoms with Gasteiger partial charge in [0.1, 0.15) is 0 Å². The maximum absolute atomic E-state index is 12.4. The Morgan fingerprint density at radius 2 is 2.15 bits per heavy atom. The first-order valence-electron chi connectivity index (χ1n) is 7.11. The van der Waals surface area contributed by atoms with Crippen LogP contribution in [0.3, 0.4) is 0 Å². The molecule has 0 aromatic heterocycles. The van der Waals surface area contributed by atoms with Gasteiger partial charge in [-0.15, -0.1) is 0 Å². The van der Waals surface area contributed by atoms with Gasteiger partial charge in [-0.25, -0.2) is 0 Å². The molecule has 0 heterocycles. The molecule has 5 nitrogen and oxygen atoms in total. The van der Waals surface area contributed by atoms with Crippen LogP contribution in [0.25, 0.3) is 10.4 Å². The molecule has 1 aromatic carbocycles. The summed E-state index contributed by atoms with van der Waals surface area (Å²) in [6.07, 6.45) is 4.86. The zero-order valence-electron chi connectivity index (χ0n) is 11.5. The largest absolute Gasteiger partial charge is 0.326 e. The Labute approximate surface area is 118 Å². The first-order valence-corrected chi connectivity index (χ1v) is 7.11. The van der Waals surface area contributed by atoms with E-state index in [9.17, 15) is 4.79 Å². The average molecular weight is 270 g/mol. The number of anilines is 1. The number of carbonyl (C=O) groups is 1. The summed E-state index contributed by atoms with van der Waals surface area (Å²) >= 11 is 0. The van der Waals surface area contributed by atoms with E-state index in [2.05, 4.69) is 22.3 Å². The quantitative estimate of drug-likeness (QED) is 0.493. The SMILES string of the molecule is CC12CCCCC1C2C(=O)Nc1ccc(N=[N+]=[N-])cc1. The second kappa shape index (κ2) is 4.84. The number of rotatable bonds is 3. The monoisotopic (exact) mass is 270 g/mol. The molecular formula is C15H18N4O. The predicted molar refractivity (Wildman–Crippen MR) is 77.4 cm³/mol. The number of nitrogens with zero attached hydrogens (tertiary/aromatic N) is 3. The molecule has 0 saturated heterocycles. The highest BCUT2D eigenvalue weighted by Crippen LogP contribution is 2.66. The molecule has 2 fully saturated rings. The summed E-state index contributed by atoms with van der Waals surface area (Å²) in [5.74, 6) is 0.872. The fourth-order valence-electron chi connectivity index (χ4n) is 3.73. The second-order valence-corrected chi connectivity index (χ2v) is 6.06. The van der Waals surface area contributed by atoms with Crippen LogP contribution in [0.4, 0.5) is 11.4 Å². The Morgan fingerprint density at radius 1 is 1.40 bits per heavy atom. The van der Waals surface area contributed by atoms with Gasteiger partial charge in [-0.3, -0.25) is 4.79 Å². The average Bonchev–Trinajstić information content (AvgIpc) is 3.07. The molecule has 0 spiro atoms. The van der Waals surface area contributed by atoms with E-state index in [4.69, 9.17) is 5.53 Å². The number of hydrogen-bond acceptors (Lipinski definition) is 2. The lowest BCUT2D eigenvalue weighted by Gasteiger charge is -2.15. The van der Waals surface area contributed by atoms with Crippen molar-refractivity contribution in [3.63, 3.8) is 0 Å². The van der Waals surface area contributed by atoms with Gasteiger partial charge < -0.3 is 5.32 Å². The number of fused-ring (bicyclic) bond motifs is 1. The summed E-state index contributed by atoms with van der Waals surface area (Å²) in [7, 11) is 0. The minimum Gasteiger partial charge on any atom is -0.326 e. The van der Waals surface area contributed by atoms with E-state index in [1.165, 1.54) is 25.7 Å². The van der Waals surface area contributed by atoms with Crippen LogP contribution < -0.4 is 5.32 Å². The molecular weight excluding hydrogens is 252 g/mol. The van der Waals surface area contributed by atoms with Crippen molar-refractivity contribution in [1.29, 1.82) is 0 Å². The summed E-state index contributed by atoms with van der Waals surface area (Å²) in [4.78, 5) is 15.1. The number of carbonyl (C=O) groups excluding carboxylic acids is 1.